The van der Waals surface area contributed by atoms with Gasteiger partial charge in [0.1, 0.15) is 6.04 Å². The first-order chi connectivity index (χ1) is 9.91. The first kappa shape index (κ1) is 15.6. The van der Waals surface area contributed by atoms with Gasteiger partial charge in [0, 0.05) is 13.1 Å². The number of benzene rings is 1. The van der Waals surface area contributed by atoms with E-state index in [0.29, 0.717) is 23.8 Å². The molecule has 1 aromatic carbocycles. The Morgan fingerprint density at radius 1 is 1.48 bits per heavy atom. The van der Waals surface area contributed by atoms with Gasteiger partial charge in [-0.05, 0) is 24.5 Å². The maximum atomic E-state index is 12.5. The molecular weight excluding hydrogens is 290 g/mol. The highest BCUT2D eigenvalue weighted by Crippen LogP contribution is 2.26. The molecule has 0 saturated carbocycles. The highest BCUT2D eigenvalue weighted by molar-refractivity contribution is 6.33. The number of halogens is 1. The van der Waals surface area contributed by atoms with Crippen LogP contribution in [0.5, 0.6) is 0 Å². The van der Waals surface area contributed by atoms with E-state index < -0.39 is 6.04 Å². The third-order valence-electron chi connectivity index (χ3n) is 3.60. The Kier molecular flexibility index (Phi) is 4.73. The highest BCUT2D eigenvalue weighted by Gasteiger charge is 2.35. The van der Waals surface area contributed by atoms with Crippen molar-refractivity contribution in [2.24, 2.45) is 5.92 Å². The number of urea groups is 1. The normalized spacial score (nSPS) is 18.6. The van der Waals surface area contributed by atoms with Crippen molar-refractivity contribution in [2.75, 3.05) is 18.4 Å². The van der Waals surface area contributed by atoms with E-state index in [0.717, 1.165) is 5.56 Å². The quantitative estimate of drug-likeness (QED) is 0.882. The van der Waals surface area contributed by atoms with Gasteiger partial charge in [-0.3, -0.25) is 4.79 Å². The molecular formula is C15H20ClN3O2. The van der Waals surface area contributed by atoms with Gasteiger partial charge < -0.3 is 15.5 Å². The Hall–Kier alpha value is -1.75. The number of rotatable bonds is 2. The molecule has 0 radical (unpaired) electrons. The number of hydrogen-bond acceptors (Lipinski definition) is 2. The van der Waals surface area contributed by atoms with E-state index >= 15 is 0 Å². The van der Waals surface area contributed by atoms with E-state index in [1.807, 2.05) is 32.9 Å². The molecule has 114 valence electrons. The summed E-state index contributed by atoms with van der Waals surface area (Å²) in [5.74, 6) is -0.0642. The summed E-state index contributed by atoms with van der Waals surface area (Å²) in [6.07, 6.45) is 0. The maximum Gasteiger partial charge on any atom is 0.322 e. The monoisotopic (exact) mass is 309 g/mol. The number of carbonyl (C=O) groups is 2. The second-order valence-corrected chi connectivity index (χ2v) is 5.94. The molecule has 1 heterocycles. The van der Waals surface area contributed by atoms with E-state index in [4.69, 9.17) is 11.6 Å². The second-order valence-electron chi connectivity index (χ2n) is 5.54. The lowest BCUT2D eigenvalue weighted by Crippen LogP contribution is -2.60. The van der Waals surface area contributed by atoms with Crippen LogP contribution in [0.1, 0.15) is 19.4 Å². The van der Waals surface area contributed by atoms with Gasteiger partial charge in [0.25, 0.3) is 0 Å². The fourth-order valence-corrected chi connectivity index (χ4v) is 2.81. The lowest BCUT2D eigenvalue weighted by Gasteiger charge is -2.37. The summed E-state index contributed by atoms with van der Waals surface area (Å²) in [5.41, 5.74) is 1.48. The molecule has 1 aliphatic heterocycles. The molecule has 0 aromatic heterocycles. The third kappa shape index (κ3) is 3.29. The van der Waals surface area contributed by atoms with Crippen LogP contribution in [0, 0.1) is 12.8 Å². The molecule has 0 bridgehead atoms. The summed E-state index contributed by atoms with van der Waals surface area (Å²) >= 11 is 6.13. The smallest absolute Gasteiger partial charge is 0.322 e. The number of nitrogens with one attached hydrogen (secondary N) is 2. The predicted octanol–water partition coefficient (Wildman–Crippen LogP) is 2.64. The zero-order chi connectivity index (χ0) is 15.6. The summed E-state index contributed by atoms with van der Waals surface area (Å²) in [6.45, 7) is 6.69. The SMILES string of the molecule is Cc1cccc(Cl)c1NC(=O)N1CCNC(=O)C1C(C)C. The number of carbonyl (C=O) groups excluding carboxylic acids is 2. The molecule has 6 heteroatoms. The number of aryl methyl sites for hydroxylation is 1. The molecule has 1 saturated heterocycles. The Bertz CT molecular complexity index is 540. The Morgan fingerprint density at radius 3 is 2.81 bits per heavy atom. The first-order valence-corrected chi connectivity index (χ1v) is 7.40. The van der Waals surface area contributed by atoms with Crippen LogP contribution in [0.3, 0.4) is 0 Å². The van der Waals surface area contributed by atoms with Crippen molar-refractivity contribution in [1.29, 1.82) is 0 Å². The fourth-order valence-electron chi connectivity index (χ4n) is 2.54. The summed E-state index contributed by atoms with van der Waals surface area (Å²) < 4.78 is 0. The molecule has 1 fully saturated rings. The van der Waals surface area contributed by atoms with Gasteiger partial charge in [0.05, 0.1) is 10.7 Å². The molecule has 5 nitrogen and oxygen atoms in total. The maximum absolute atomic E-state index is 12.5. The van der Waals surface area contributed by atoms with Crippen molar-refractivity contribution in [3.05, 3.63) is 28.8 Å². The number of piperazine rings is 1. The number of amides is 3. The second kappa shape index (κ2) is 6.35. The minimum Gasteiger partial charge on any atom is -0.353 e. The first-order valence-electron chi connectivity index (χ1n) is 7.02. The molecule has 0 aliphatic carbocycles. The molecule has 1 unspecified atom stereocenters. The highest BCUT2D eigenvalue weighted by atomic mass is 35.5. The molecule has 1 atom stereocenters. The van der Waals surface area contributed by atoms with E-state index in [-0.39, 0.29) is 17.9 Å². The van der Waals surface area contributed by atoms with Gasteiger partial charge in [-0.2, -0.15) is 0 Å². The van der Waals surface area contributed by atoms with Gasteiger partial charge in [-0.25, -0.2) is 4.79 Å². The zero-order valence-electron chi connectivity index (χ0n) is 12.4. The van der Waals surface area contributed by atoms with Gasteiger partial charge in [-0.15, -0.1) is 0 Å². The Labute approximate surface area is 129 Å². The van der Waals surface area contributed by atoms with Crippen LogP contribution >= 0.6 is 11.6 Å². The summed E-state index contributed by atoms with van der Waals surface area (Å²) in [4.78, 5) is 26.1. The van der Waals surface area contributed by atoms with Crippen LogP contribution in [0.4, 0.5) is 10.5 Å². The predicted molar refractivity (Wildman–Crippen MR) is 83.5 cm³/mol. The minimum absolute atomic E-state index is 0.0448. The van der Waals surface area contributed by atoms with Gasteiger partial charge in [-0.1, -0.05) is 37.6 Å². The van der Waals surface area contributed by atoms with Crippen LogP contribution in [-0.4, -0.2) is 36.0 Å². The standard InChI is InChI=1S/C15H20ClN3O2/c1-9(2)13-14(20)17-7-8-19(13)15(21)18-12-10(3)5-4-6-11(12)16/h4-6,9,13H,7-8H2,1-3H3,(H,17,20)(H,18,21). The minimum atomic E-state index is -0.457. The molecule has 0 spiro atoms. The van der Waals surface area contributed by atoms with Crippen molar-refractivity contribution in [2.45, 2.75) is 26.8 Å². The topological polar surface area (TPSA) is 61.4 Å². The van der Waals surface area contributed by atoms with E-state index in [1.54, 1.807) is 11.0 Å². The zero-order valence-corrected chi connectivity index (χ0v) is 13.2. The van der Waals surface area contributed by atoms with Crippen LogP contribution < -0.4 is 10.6 Å². The van der Waals surface area contributed by atoms with Crippen molar-refractivity contribution >= 4 is 29.2 Å². The van der Waals surface area contributed by atoms with Crippen LogP contribution in [0.2, 0.25) is 5.02 Å². The van der Waals surface area contributed by atoms with Crippen molar-refractivity contribution in [3.63, 3.8) is 0 Å². The van der Waals surface area contributed by atoms with Crippen molar-refractivity contribution in [3.8, 4) is 0 Å². The molecule has 21 heavy (non-hydrogen) atoms. The van der Waals surface area contributed by atoms with E-state index in [2.05, 4.69) is 10.6 Å². The van der Waals surface area contributed by atoms with E-state index in [9.17, 15) is 9.59 Å². The van der Waals surface area contributed by atoms with Gasteiger partial charge >= 0.3 is 6.03 Å². The summed E-state index contributed by atoms with van der Waals surface area (Å²) in [5, 5.41) is 6.12. The number of para-hydroxylation sites is 1. The van der Waals surface area contributed by atoms with E-state index in [1.165, 1.54) is 0 Å². The lowest BCUT2D eigenvalue weighted by atomic mass is 10.00. The average Bonchev–Trinajstić information content (AvgIpc) is 2.42. The van der Waals surface area contributed by atoms with Gasteiger partial charge in [0.15, 0.2) is 0 Å². The lowest BCUT2D eigenvalue weighted by molar-refractivity contribution is -0.129. The van der Waals surface area contributed by atoms with Crippen LogP contribution in [0.15, 0.2) is 18.2 Å². The van der Waals surface area contributed by atoms with Crippen molar-refractivity contribution < 1.29 is 9.59 Å². The number of anilines is 1. The Morgan fingerprint density at radius 2 is 2.19 bits per heavy atom. The van der Waals surface area contributed by atoms with Crippen molar-refractivity contribution in [1.82, 2.24) is 10.2 Å². The van der Waals surface area contributed by atoms with Crippen LogP contribution in [-0.2, 0) is 4.79 Å². The number of hydrogen-bond donors (Lipinski definition) is 2. The molecule has 1 aliphatic rings. The Balaban J connectivity index is 2.20. The summed E-state index contributed by atoms with van der Waals surface area (Å²) in [6, 6.07) is 4.69. The van der Waals surface area contributed by atoms with Crippen LogP contribution in [0.25, 0.3) is 0 Å². The molecule has 3 amide bonds. The third-order valence-corrected chi connectivity index (χ3v) is 3.92. The fraction of sp³-hybridized carbons (Fsp3) is 0.467. The average molecular weight is 310 g/mol. The largest absolute Gasteiger partial charge is 0.353 e. The molecule has 1 aromatic rings. The summed E-state index contributed by atoms with van der Waals surface area (Å²) in [7, 11) is 0. The molecule has 2 rings (SSSR count). The van der Waals surface area contributed by atoms with Gasteiger partial charge in [0.2, 0.25) is 5.91 Å². The molecule has 2 N–H and O–H groups in total. The number of nitrogens with zero attached hydrogens (tertiary/aromatic N) is 1.